The van der Waals surface area contributed by atoms with Gasteiger partial charge in [0, 0.05) is 83.9 Å². The van der Waals surface area contributed by atoms with Crippen LogP contribution < -0.4 is 10.9 Å². The minimum Gasteiger partial charge on any atom is -0.501 e. The van der Waals surface area contributed by atoms with Crippen LogP contribution in [0.25, 0.3) is 0 Å². The lowest BCUT2D eigenvalue weighted by molar-refractivity contribution is -0.155. The molecule has 3 aromatic rings. The van der Waals surface area contributed by atoms with E-state index < -0.39 is 45.8 Å². The van der Waals surface area contributed by atoms with Crippen molar-refractivity contribution in [2.75, 3.05) is 47.3 Å². The molecule has 2 bridgehead atoms. The summed E-state index contributed by atoms with van der Waals surface area (Å²) in [7, 11) is 4.46. The number of aromatic nitrogens is 3. The van der Waals surface area contributed by atoms with Crippen molar-refractivity contribution >= 4 is 23.6 Å². The molecule has 5 heterocycles. The first-order valence-electron chi connectivity index (χ1n) is 16.6. The highest BCUT2D eigenvalue weighted by Gasteiger charge is 2.56. The lowest BCUT2D eigenvalue weighted by atomic mass is 9.71. The van der Waals surface area contributed by atoms with Crippen LogP contribution in [0, 0.1) is 12.7 Å². The molecule has 4 amide bonds. The molecule has 1 saturated carbocycles. The highest BCUT2D eigenvalue weighted by Crippen LogP contribution is 2.50. The fourth-order valence-electron chi connectivity index (χ4n) is 7.58. The van der Waals surface area contributed by atoms with E-state index in [-0.39, 0.29) is 30.6 Å². The van der Waals surface area contributed by atoms with Crippen LogP contribution >= 0.6 is 0 Å². The number of pyridine rings is 1. The normalized spacial score (nSPS) is 21.6. The molecule has 1 saturated heterocycles. The number of hydrogen-bond acceptors (Lipinski definition) is 9. The van der Waals surface area contributed by atoms with Crippen LogP contribution in [0.1, 0.15) is 63.5 Å². The van der Waals surface area contributed by atoms with Gasteiger partial charge < -0.3 is 25.1 Å². The number of nitrogens with zero attached hydrogens (tertiary/aromatic N) is 7. The number of aryl methyl sites for hydroxylation is 1. The van der Waals surface area contributed by atoms with Gasteiger partial charge in [-0.2, -0.15) is 0 Å². The summed E-state index contributed by atoms with van der Waals surface area (Å²) in [5.41, 5.74) is -1.60. The molecule has 3 aliphatic heterocycles. The summed E-state index contributed by atoms with van der Waals surface area (Å²) in [4.78, 5) is 82.4. The topological polar surface area (TPSA) is 161 Å². The second-order valence-electron chi connectivity index (χ2n) is 13.6. The third-order valence-electron chi connectivity index (χ3n) is 10.6. The number of hydrogen-bond donors (Lipinski definition) is 2. The van der Waals surface area contributed by atoms with Crippen molar-refractivity contribution in [3.8, 4) is 5.75 Å². The van der Waals surface area contributed by atoms with Crippen LogP contribution in [-0.4, -0.2) is 116 Å². The van der Waals surface area contributed by atoms with Gasteiger partial charge >= 0.3 is 11.8 Å². The highest BCUT2D eigenvalue weighted by atomic mass is 19.1. The molecule has 7 rings (SSSR count). The van der Waals surface area contributed by atoms with Crippen molar-refractivity contribution in [1.29, 1.82) is 0 Å². The third kappa shape index (κ3) is 5.99. The molecule has 2 fully saturated rings. The Morgan fingerprint density at radius 1 is 0.960 bits per heavy atom. The summed E-state index contributed by atoms with van der Waals surface area (Å²) in [6.07, 6.45) is 4.87. The van der Waals surface area contributed by atoms with Crippen LogP contribution in [0.3, 0.4) is 0 Å². The molecular weight excluding hydrogens is 647 g/mol. The summed E-state index contributed by atoms with van der Waals surface area (Å²) in [6, 6.07) is 7.75. The zero-order chi connectivity index (χ0) is 36.0. The number of amides is 4. The van der Waals surface area contributed by atoms with Crippen molar-refractivity contribution in [1.82, 2.24) is 39.5 Å². The first-order valence-corrected chi connectivity index (χ1v) is 16.6. The molecule has 264 valence electrons. The van der Waals surface area contributed by atoms with E-state index in [0.717, 1.165) is 0 Å². The predicted octanol–water partition coefficient (Wildman–Crippen LogP) is 1.25. The number of nitrogens with one attached hydrogen (secondary N) is 1. The minimum absolute atomic E-state index is 0.0148. The number of aromatic hydroxyl groups is 1. The molecule has 14 nitrogen and oxygen atoms in total. The maximum atomic E-state index is 14.1. The van der Waals surface area contributed by atoms with E-state index in [2.05, 4.69) is 20.2 Å². The van der Waals surface area contributed by atoms with Gasteiger partial charge in [-0.3, -0.25) is 38.4 Å². The summed E-state index contributed by atoms with van der Waals surface area (Å²) in [5.74, 6) is -3.55. The number of likely N-dealkylation sites (N-methyl/N-ethyl adjacent to an activating group) is 2. The van der Waals surface area contributed by atoms with Crippen LogP contribution in [0.5, 0.6) is 5.75 Å². The standard InChI is InChI=1S/C35H41FN8O6/c1-22-19-23(5-6-25(22)36)20-38-28(46)26-27(45)30(48)44-21-34(43-17-15-42(16-18-43)29(47)24-7-13-37-14-8-24)9-11-35(12-10-34,33(44)39-26)41(4)32(50)31(49)40(2)3/h5-8,13-14,19,45H,9-12,15-18,20-21H2,1-4H3,(H,38,46). The van der Waals surface area contributed by atoms with E-state index in [9.17, 15) is 33.5 Å². The lowest BCUT2D eigenvalue weighted by Gasteiger charge is -2.52. The van der Waals surface area contributed by atoms with Gasteiger partial charge in [-0.05, 0) is 61.9 Å². The molecule has 0 radical (unpaired) electrons. The zero-order valence-corrected chi connectivity index (χ0v) is 28.6. The van der Waals surface area contributed by atoms with Gasteiger partial charge in [0.15, 0.2) is 5.69 Å². The van der Waals surface area contributed by atoms with Crippen LogP contribution in [0.2, 0.25) is 0 Å². The van der Waals surface area contributed by atoms with Crippen molar-refractivity contribution < 1.29 is 28.7 Å². The van der Waals surface area contributed by atoms with Gasteiger partial charge in [0.25, 0.3) is 17.4 Å². The summed E-state index contributed by atoms with van der Waals surface area (Å²) in [5, 5.41) is 13.8. The monoisotopic (exact) mass is 688 g/mol. The average molecular weight is 689 g/mol. The van der Waals surface area contributed by atoms with E-state index in [1.165, 1.54) is 47.6 Å². The minimum atomic E-state index is -1.24. The fourth-order valence-corrected chi connectivity index (χ4v) is 7.58. The molecule has 0 unspecified atom stereocenters. The van der Waals surface area contributed by atoms with E-state index in [1.54, 1.807) is 42.4 Å². The Morgan fingerprint density at radius 3 is 2.24 bits per heavy atom. The molecule has 0 spiro atoms. The molecule has 4 aliphatic rings. The van der Waals surface area contributed by atoms with E-state index in [1.807, 2.05) is 0 Å². The van der Waals surface area contributed by atoms with E-state index in [4.69, 9.17) is 0 Å². The smallest absolute Gasteiger partial charge is 0.312 e. The number of piperazine rings is 1. The first-order chi connectivity index (χ1) is 23.8. The van der Waals surface area contributed by atoms with E-state index in [0.29, 0.717) is 68.6 Å². The van der Waals surface area contributed by atoms with Gasteiger partial charge in [0.2, 0.25) is 5.75 Å². The SMILES string of the molecule is Cc1cc(CNC(=O)c2nc3n(c(=O)c2O)CC2(N4CCN(C(=O)c5ccncc5)CC4)CCC3(N(C)C(=O)C(=O)N(C)C)CC2)ccc1F. The van der Waals surface area contributed by atoms with Crippen molar-refractivity contribution in [2.45, 2.75) is 56.8 Å². The molecule has 0 atom stereocenters. The van der Waals surface area contributed by atoms with Gasteiger partial charge in [-0.1, -0.05) is 12.1 Å². The van der Waals surface area contributed by atoms with Crippen LogP contribution in [0.4, 0.5) is 4.39 Å². The van der Waals surface area contributed by atoms with Crippen LogP contribution in [0.15, 0.2) is 47.5 Å². The molecule has 1 aromatic carbocycles. The molecular formula is C35H41FN8O6. The Kier molecular flexibility index (Phi) is 9.20. The molecule has 15 heteroatoms. The van der Waals surface area contributed by atoms with Gasteiger partial charge in [-0.25, -0.2) is 9.37 Å². The number of fused-ring (bicyclic) bond motifs is 2. The highest BCUT2D eigenvalue weighted by molar-refractivity contribution is 6.34. The maximum Gasteiger partial charge on any atom is 0.312 e. The van der Waals surface area contributed by atoms with Gasteiger partial charge in [0.05, 0.1) is 0 Å². The van der Waals surface area contributed by atoms with Crippen molar-refractivity contribution in [3.63, 3.8) is 0 Å². The lowest BCUT2D eigenvalue weighted by Crippen LogP contribution is -2.61. The molecule has 50 heavy (non-hydrogen) atoms. The quantitative estimate of drug-likeness (QED) is 0.363. The number of carbonyl (C=O) groups is 4. The summed E-state index contributed by atoms with van der Waals surface area (Å²) < 4.78 is 15.2. The maximum absolute atomic E-state index is 14.1. The van der Waals surface area contributed by atoms with E-state index >= 15 is 0 Å². The number of benzene rings is 1. The molecule has 2 aromatic heterocycles. The summed E-state index contributed by atoms with van der Waals surface area (Å²) in [6.45, 7) is 3.70. The fraction of sp³-hybridized carbons (Fsp3) is 0.457. The van der Waals surface area contributed by atoms with Gasteiger partial charge in [-0.15, -0.1) is 0 Å². The Morgan fingerprint density at radius 2 is 1.62 bits per heavy atom. The van der Waals surface area contributed by atoms with Crippen molar-refractivity contribution in [3.05, 3.63) is 87.1 Å². The van der Waals surface area contributed by atoms with Crippen molar-refractivity contribution in [2.24, 2.45) is 0 Å². The molecule has 1 aliphatic carbocycles. The Balaban J connectivity index is 1.34. The number of rotatable bonds is 6. The summed E-state index contributed by atoms with van der Waals surface area (Å²) >= 11 is 0. The van der Waals surface area contributed by atoms with Crippen LogP contribution in [-0.2, 0) is 28.2 Å². The predicted molar refractivity (Wildman–Crippen MR) is 179 cm³/mol. The Bertz CT molecular complexity index is 1900. The largest absolute Gasteiger partial charge is 0.501 e. The average Bonchev–Trinajstić information content (AvgIpc) is 3.37. The Labute approximate surface area is 288 Å². The number of carbonyl (C=O) groups excluding carboxylic acids is 4. The second-order valence-corrected chi connectivity index (χ2v) is 13.6. The first kappa shape index (κ1) is 34.7. The number of halogens is 1. The third-order valence-corrected chi connectivity index (χ3v) is 10.6. The molecule has 2 N–H and O–H groups in total. The zero-order valence-electron chi connectivity index (χ0n) is 28.6. The van der Waals surface area contributed by atoms with Gasteiger partial charge in [0.1, 0.15) is 17.2 Å². The second kappa shape index (κ2) is 13.3. The Hall–Kier alpha value is -5.18.